The van der Waals surface area contributed by atoms with Crippen molar-refractivity contribution < 1.29 is 19.4 Å². The van der Waals surface area contributed by atoms with E-state index in [4.69, 9.17) is 14.6 Å². The molecule has 1 heterocycles. The number of nitrogens with zero attached hydrogens (tertiary/aromatic N) is 3. The highest BCUT2D eigenvalue weighted by atomic mass is 16.5. The lowest BCUT2D eigenvalue weighted by molar-refractivity contribution is 0.0697. The second-order valence-corrected chi connectivity index (χ2v) is 4.54. The fraction of sp³-hybridized carbons (Fsp3) is 0.133. The van der Waals surface area contributed by atoms with Crippen LogP contribution in [0.3, 0.4) is 0 Å². The first-order valence-corrected chi connectivity index (χ1v) is 6.45. The summed E-state index contributed by atoms with van der Waals surface area (Å²) in [5.74, 6) is 0.172. The van der Waals surface area contributed by atoms with Gasteiger partial charge >= 0.3 is 5.97 Å². The highest BCUT2D eigenvalue weighted by Gasteiger charge is 2.11. The maximum absolute atomic E-state index is 11.0. The number of carboxylic acid groups (broad SMARTS) is 1. The van der Waals surface area contributed by atoms with Gasteiger partial charge in [0.05, 0.1) is 25.5 Å². The van der Waals surface area contributed by atoms with Crippen molar-refractivity contribution in [2.24, 2.45) is 0 Å². The standard InChI is InChI=1S/C15H13N3O4/c1-21-13-6-4-10(8-14(13)22-2)18-16-11-5-3-9(15(19)20)7-12(11)17-18/h3-8H,1-2H3,(H,19,20). The SMILES string of the molecule is COc1ccc(-n2nc3ccc(C(=O)O)cc3n2)cc1OC. The lowest BCUT2D eigenvalue weighted by Crippen LogP contribution is -2.00. The monoisotopic (exact) mass is 299 g/mol. The summed E-state index contributed by atoms with van der Waals surface area (Å²) in [7, 11) is 3.11. The molecule has 2 aromatic carbocycles. The Morgan fingerprint density at radius 2 is 1.73 bits per heavy atom. The molecular weight excluding hydrogens is 286 g/mol. The Kier molecular flexibility index (Phi) is 3.38. The topological polar surface area (TPSA) is 86.5 Å². The highest BCUT2D eigenvalue weighted by molar-refractivity contribution is 5.92. The van der Waals surface area contributed by atoms with Crippen LogP contribution in [0.25, 0.3) is 16.7 Å². The van der Waals surface area contributed by atoms with E-state index >= 15 is 0 Å². The molecule has 0 amide bonds. The average molecular weight is 299 g/mol. The van der Waals surface area contributed by atoms with Gasteiger partial charge in [-0.3, -0.25) is 0 Å². The summed E-state index contributed by atoms with van der Waals surface area (Å²) < 4.78 is 10.4. The molecule has 0 saturated carbocycles. The molecule has 0 aliphatic carbocycles. The highest BCUT2D eigenvalue weighted by Crippen LogP contribution is 2.29. The molecule has 7 heteroatoms. The third-order valence-electron chi connectivity index (χ3n) is 3.23. The van der Waals surface area contributed by atoms with E-state index in [1.54, 1.807) is 38.5 Å². The summed E-state index contributed by atoms with van der Waals surface area (Å²) in [6.45, 7) is 0. The molecule has 1 N–H and O–H groups in total. The zero-order valence-corrected chi connectivity index (χ0v) is 12.0. The van der Waals surface area contributed by atoms with E-state index in [1.807, 2.05) is 0 Å². The zero-order valence-electron chi connectivity index (χ0n) is 12.0. The quantitative estimate of drug-likeness (QED) is 0.794. The Morgan fingerprint density at radius 1 is 1.00 bits per heavy atom. The lowest BCUT2D eigenvalue weighted by atomic mass is 10.2. The molecule has 22 heavy (non-hydrogen) atoms. The van der Waals surface area contributed by atoms with Crippen molar-refractivity contribution in [1.82, 2.24) is 15.0 Å². The zero-order chi connectivity index (χ0) is 15.7. The van der Waals surface area contributed by atoms with Gasteiger partial charge in [0.1, 0.15) is 11.0 Å². The van der Waals surface area contributed by atoms with Crippen molar-refractivity contribution in [1.29, 1.82) is 0 Å². The number of hydrogen-bond donors (Lipinski definition) is 1. The minimum Gasteiger partial charge on any atom is -0.493 e. The van der Waals surface area contributed by atoms with Crippen LogP contribution in [0.15, 0.2) is 36.4 Å². The molecule has 0 radical (unpaired) electrons. The predicted molar refractivity (Wildman–Crippen MR) is 78.9 cm³/mol. The van der Waals surface area contributed by atoms with E-state index in [0.717, 1.165) is 0 Å². The van der Waals surface area contributed by atoms with E-state index in [1.165, 1.54) is 16.9 Å². The second kappa shape index (κ2) is 5.36. The minimum absolute atomic E-state index is 0.173. The van der Waals surface area contributed by atoms with Gasteiger partial charge < -0.3 is 14.6 Å². The van der Waals surface area contributed by atoms with Crippen molar-refractivity contribution in [2.75, 3.05) is 14.2 Å². The molecule has 0 saturated heterocycles. The van der Waals surface area contributed by atoms with Crippen molar-refractivity contribution in [3.8, 4) is 17.2 Å². The molecule has 0 unspecified atom stereocenters. The van der Waals surface area contributed by atoms with Gasteiger partial charge in [0.25, 0.3) is 0 Å². The van der Waals surface area contributed by atoms with Crippen LogP contribution >= 0.6 is 0 Å². The Balaban J connectivity index is 2.08. The van der Waals surface area contributed by atoms with Gasteiger partial charge in [0, 0.05) is 6.07 Å². The van der Waals surface area contributed by atoms with E-state index in [9.17, 15) is 4.79 Å². The number of carboxylic acids is 1. The molecule has 7 nitrogen and oxygen atoms in total. The van der Waals surface area contributed by atoms with E-state index in [0.29, 0.717) is 28.2 Å². The third-order valence-corrected chi connectivity index (χ3v) is 3.23. The minimum atomic E-state index is -0.998. The van der Waals surface area contributed by atoms with Crippen LogP contribution in [0, 0.1) is 0 Å². The van der Waals surface area contributed by atoms with Crippen LogP contribution in [-0.4, -0.2) is 40.3 Å². The number of fused-ring (bicyclic) bond motifs is 1. The van der Waals surface area contributed by atoms with Crippen molar-refractivity contribution >= 4 is 17.0 Å². The van der Waals surface area contributed by atoms with Crippen LogP contribution < -0.4 is 9.47 Å². The van der Waals surface area contributed by atoms with Crippen LogP contribution in [0.2, 0.25) is 0 Å². The number of ether oxygens (including phenoxy) is 2. The lowest BCUT2D eigenvalue weighted by Gasteiger charge is -2.08. The molecule has 3 aromatic rings. The van der Waals surface area contributed by atoms with Crippen molar-refractivity contribution in [3.63, 3.8) is 0 Å². The van der Waals surface area contributed by atoms with Crippen molar-refractivity contribution in [3.05, 3.63) is 42.0 Å². The maximum atomic E-state index is 11.0. The maximum Gasteiger partial charge on any atom is 0.335 e. The fourth-order valence-corrected chi connectivity index (χ4v) is 2.11. The van der Waals surface area contributed by atoms with Crippen molar-refractivity contribution in [2.45, 2.75) is 0 Å². The summed E-state index contributed by atoms with van der Waals surface area (Å²) in [6, 6.07) is 9.91. The first-order chi connectivity index (χ1) is 10.6. The first kappa shape index (κ1) is 13.9. The Morgan fingerprint density at radius 3 is 2.41 bits per heavy atom. The van der Waals surface area contributed by atoms with Crippen LogP contribution in [0.1, 0.15) is 10.4 Å². The smallest absolute Gasteiger partial charge is 0.335 e. The van der Waals surface area contributed by atoms with E-state index < -0.39 is 5.97 Å². The number of rotatable bonds is 4. The summed E-state index contributed by atoms with van der Waals surface area (Å²) in [5.41, 5.74) is 1.98. The molecule has 0 aliphatic heterocycles. The number of benzene rings is 2. The first-order valence-electron chi connectivity index (χ1n) is 6.45. The molecular formula is C15H13N3O4. The number of carbonyl (C=O) groups is 1. The van der Waals surface area contributed by atoms with Gasteiger partial charge in [0.15, 0.2) is 11.5 Å². The molecule has 0 fully saturated rings. The van der Waals surface area contributed by atoms with Crippen LogP contribution in [0.5, 0.6) is 11.5 Å². The second-order valence-electron chi connectivity index (χ2n) is 4.54. The summed E-state index contributed by atoms with van der Waals surface area (Å²) in [6.07, 6.45) is 0. The largest absolute Gasteiger partial charge is 0.493 e. The Bertz CT molecular complexity index is 857. The molecule has 0 aliphatic rings. The van der Waals surface area contributed by atoms with Crippen LogP contribution in [-0.2, 0) is 0 Å². The third kappa shape index (κ3) is 2.32. The van der Waals surface area contributed by atoms with Gasteiger partial charge in [-0.2, -0.15) is 4.80 Å². The average Bonchev–Trinajstić information content (AvgIpc) is 2.97. The van der Waals surface area contributed by atoms with Gasteiger partial charge in [0.2, 0.25) is 0 Å². The molecule has 1 aromatic heterocycles. The molecule has 0 spiro atoms. The van der Waals surface area contributed by atoms with Gasteiger partial charge in [-0.15, -0.1) is 10.2 Å². The number of methoxy groups -OCH3 is 2. The number of aromatic carboxylic acids is 1. The van der Waals surface area contributed by atoms with E-state index in [2.05, 4.69) is 10.2 Å². The summed E-state index contributed by atoms with van der Waals surface area (Å²) >= 11 is 0. The fourth-order valence-electron chi connectivity index (χ4n) is 2.11. The normalized spacial score (nSPS) is 10.6. The Labute approximate surface area is 125 Å². The summed E-state index contributed by atoms with van der Waals surface area (Å²) in [5, 5.41) is 17.6. The van der Waals surface area contributed by atoms with Gasteiger partial charge in [-0.05, 0) is 30.3 Å². The number of hydrogen-bond acceptors (Lipinski definition) is 5. The van der Waals surface area contributed by atoms with Gasteiger partial charge in [-0.25, -0.2) is 4.79 Å². The van der Waals surface area contributed by atoms with E-state index in [-0.39, 0.29) is 5.56 Å². The predicted octanol–water partition coefficient (Wildman–Crippen LogP) is 2.14. The summed E-state index contributed by atoms with van der Waals surface area (Å²) in [4.78, 5) is 12.4. The molecule has 0 bridgehead atoms. The Hall–Kier alpha value is -3.09. The number of aromatic nitrogens is 3. The van der Waals surface area contributed by atoms with Gasteiger partial charge in [-0.1, -0.05) is 0 Å². The molecule has 112 valence electrons. The van der Waals surface area contributed by atoms with Crippen LogP contribution in [0.4, 0.5) is 0 Å². The molecule has 0 atom stereocenters. The molecule has 3 rings (SSSR count).